The van der Waals surface area contributed by atoms with Gasteiger partial charge in [0.25, 0.3) is 0 Å². The molecule has 0 aliphatic carbocycles. The molecule has 2 nitrogen and oxygen atoms in total. The molecule has 0 amide bonds. The normalized spacial score (nSPS) is 12.6. The second kappa shape index (κ2) is 5.38. The fraction of sp³-hybridized carbons (Fsp3) is 0.500. The number of hydrogen-bond acceptors (Lipinski definition) is 2. The van der Waals surface area contributed by atoms with E-state index in [9.17, 15) is 0 Å². The van der Waals surface area contributed by atoms with Crippen molar-refractivity contribution < 1.29 is 0 Å². The van der Waals surface area contributed by atoms with Crippen LogP contribution in [0.25, 0.3) is 0 Å². The van der Waals surface area contributed by atoms with Gasteiger partial charge in [0.2, 0.25) is 0 Å². The van der Waals surface area contributed by atoms with E-state index in [2.05, 4.69) is 18.3 Å². The molecule has 0 aliphatic heterocycles. The van der Waals surface area contributed by atoms with Crippen molar-refractivity contribution in [2.75, 3.05) is 11.9 Å². The van der Waals surface area contributed by atoms with E-state index in [-0.39, 0.29) is 6.04 Å². The summed E-state index contributed by atoms with van der Waals surface area (Å²) in [5.41, 5.74) is 9.09. The molecule has 0 aliphatic rings. The van der Waals surface area contributed by atoms with Crippen LogP contribution in [0.4, 0.5) is 5.69 Å². The summed E-state index contributed by atoms with van der Waals surface area (Å²) in [6.07, 6.45) is 0.948. The van der Waals surface area contributed by atoms with Gasteiger partial charge in [-0.05, 0) is 44.4 Å². The van der Waals surface area contributed by atoms with Gasteiger partial charge < -0.3 is 11.1 Å². The lowest BCUT2D eigenvalue weighted by Gasteiger charge is -2.13. The first-order valence-corrected chi connectivity index (χ1v) is 5.64. The lowest BCUT2D eigenvalue weighted by atomic mass is 10.1. The number of anilines is 1. The van der Waals surface area contributed by atoms with Gasteiger partial charge in [0, 0.05) is 12.6 Å². The minimum Gasteiger partial charge on any atom is -0.384 e. The largest absolute Gasteiger partial charge is 0.384 e. The number of nitrogens with one attached hydrogen (secondary N) is 1. The average molecular weight is 227 g/mol. The van der Waals surface area contributed by atoms with Gasteiger partial charge in [0.1, 0.15) is 0 Å². The first-order chi connectivity index (χ1) is 7.00. The van der Waals surface area contributed by atoms with Gasteiger partial charge in [0.05, 0.1) is 10.7 Å². The van der Waals surface area contributed by atoms with Crippen molar-refractivity contribution >= 4 is 17.3 Å². The van der Waals surface area contributed by atoms with Crippen LogP contribution in [0.3, 0.4) is 0 Å². The van der Waals surface area contributed by atoms with E-state index in [0.717, 1.165) is 23.7 Å². The van der Waals surface area contributed by atoms with E-state index in [4.69, 9.17) is 17.3 Å². The van der Waals surface area contributed by atoms with Gasteiger partial charge in [-0.1, -0.05) is 17.7 Å². The molecule has 0 saturated heterocycles. The predicted molar refractivity (Wildman–Crippen MR) is 67.7 cm³/mol. The molecule has 1 rings (SSSR count). The molecule has 84 valence electrons. The maximum atomic E-state index is 6.16. The van der Waals surface area contributed by atoms with Gasteiger partial charge in [-0.2, -0.15) is 0 Å². The molecular weight excluding hydrogens is 208 g/mol. The van der Waals surface area contributed by atoms with Gasteiger partial charge in [0.15, 0.2) is 0 Å². The zero-order valence-corrected chi connectivity index (χ0v) is 10.4. The molecule has 1 aromatic rings. The Morgan fingerprint density at radius 3 is 2.60 bits per heavy atom. The molecule has 3 heteroatoms. The molecule has 3 N–H and O–H groups in total. The van der Waals surface area contributed by atoms with E-state index in [1.807, 2.05) is 19.9 Å². The Morgan fingerprint density at radius 1 is 1.40 bits per heavy atom. The van der Waals surface area contributed by atoms with Crippen molar-refractivity contribution in [1.29, 1.82) is 0 Å². The van der Waals surface area contributed by atoms with E-state index < -0.39 is 0 Å². The summed E-state index contributed by atoms with van der Waals surface area (Å²) < 4.78 is 0. The monoisotopic (exact) mass is 226 g/mol. The van der Waals surface area contributed by atoms with Crippen LogP contribution < -0.4 is 11.1 Å². The Kier molecular flexibility index (Phi) is 4.43. The summed E-state index contributed by atoms with van der Waals surface area (Å²) in [5, 5.41) is 4.12. The Morgan fingerprint density at radius 2 is 2.07 bits per heavy atom. The fourth-order valence-electron chi connectivity index (χ4n) is 1.56. The number of hydrogen-bond donors (Lipinski definition) is 2. The Hall–Kier alpha value is -0.730. The predicted octanol–water partition coefficient (Wildman–Crippen LogP) is 3.11. The summed E-state index contributed by atoms with van der Waals surface area (Å²) in [4.78, 5) is 0. The SMILES string of the molecule is Cc1cc(C)c(NCCC(C)N)c(Cl)c1. The van der Waals surface area contributed by atoms with Crippen molar-refractivity contribution in [2.45, 2.75) is 33.2 Å². The summed E-state index contributed by atoms with van der Waals surface area (Å²) in [5.74, 6) is 0. The highest BCUT2D eigenvalue weighted by Gasteiger charge is 2.04. The standard InChI is InChI=1S/C12H19ClN2/c1-8-6-9(2)12(11(13)7-8)15-5-4-10(3)14/h6-7,10,15H,4-5,14H2,1-3H3. The van der Waals surface area contributed by atoms with Crippen LogP contribution in [0.5, 0.6) is 0 Å². The highest BCUT2D eigenvalue weighted by molar-refractivity contribution is 6.33. The first kappa shape index (κ1) is 12.3. The lowest BCUT2D eigenvalue weighted by Crippen LogP contribution is -2.19. The van der Waals surface area contributed by atoms with Gasteiger partial charge in [-0.25, -0.2) is 0 Å². The van der Waals surface area contributed by atoms with Crippen LogP contribution in [0, 0.1) is 13.8 Å². The smallest absolute Gasteiger partial charge is 0.0642 e. The Balaban J connectivity index is 2.68. The number of nitrogens with two attached hydrogens (primary N) is 1. The summed E-state index contributed by atoms with van der Waals surface area (Å²) in [6, 6.07) is 4.32. The van der Waals surface area contributed by atoms with Crippen molar-refractivity contribution in [3.63, 3.8) is 0 Å². The van der Waals surface area contributed by atoms with Gasteiger partial charge >= 0.3 is 0 Å². The molecule has 1 unspecified atom stereocenters. The van der Waals surface area contributed by atoms with Crippen molar-refractivity contribution in [3.8, 4) is 0 Å². The van der Waals surface area contributed by atoms with Crippen molar-refractivity contribution in [3.05, 3.63) is 28.3 Å². The van der Waals surface area contributed by atoms with Crippen LogP contribution in [0.2, 0.25) is 5.02 Å². The summed E-state index contributed by atoms with van der Waals surface area (Å²) in [6.45, 7) is 6.98. The molecule has 15 heavy (non-hydrogen) atoms. The second-order valence-electron chi connectivity index (χ2n) is 4.13. The highest BCUT2D eigenvalue weighted by atomic mass is 35.5. The van der Waals surface area contributed by atoms with E-state index in [1.54, 1.807) is 0 Å². The lowest BCUT2D eigenvalue weighted by molar-refractivity contribution is 0.690. The maximum Gasteiger partial charge on any atom is 0.0642 e. The molecule has 0 bridgehead atoms. The molecule has 0 radical (unpaired) electrons. The summed E-state index contributed by atoms with van der Waals surface area (Å²) >= 11 is 6.16. The van der Waals surface area contributed by atoms with Gasteiger partial charge in [-0.3, -0.25) is 0 Å². The zero-order valence-electron chi connectivity index (χ0n) is 9.60. The van der Waals surface area contributed by atoms with Crippen LogP contribution in [0.1, 0.15) is 24.5 Å². The number of benzene rings is 1. The van der Waals surface area contributed by atoms with E-state index >= 15 is 0 Å². The van der Waals surface area contributed by atoms with Crippen molar-refractivity contribution in [1.82, 2.24) is 0 Å². The molecule has 1 aromatic carbocycles. The molecule has 1 atom stereocenters. The zero-order chi connectivity index (χ0) is 11.4. The number of halogens is 1. The van der Waals surface area contributed by atoms with Crippen LogP contribution >= 0.6 is 11.6 Å². The molecule has 0 spiro atoms. The molecule has 0 fully saturated rings. The Bertz CT molecular complexity index is 311. The molecule has 0 aromatic heterocycles. The Labute approximate surface area is 96.8 Å². The minimum absolute atomic E-state index is 0.224. The van der Waals surface area contributed by atoms with E-state index in [0.29, 0.717) is 0 Å². The van der Waals surface area contributed by atoms with Crippen LogP contribution in [-0.2, 0) is 0 Å². The maximum absolute atomic E-state index is 6.16. The highest BCUT2D eigenvalue weighted by Crippen LogP contribution is 2.27. The quantitative estimate of drug-likeness (QED) is 0.828. The van der Waals surface area contributed by atoms with Crippen LogP contribution in [-0.4, -0.2) is 12.6 Å². The van der Waals surface area contributed by atoms with E-state index in [1.165, 1.54) is 11.1 Å². The first-order valence-electron chi connectivity index (χ1n) is 5.27. The van der Waals surface area contributed by atoms with Gasteiger partial charge in [-0.15, -0.1) is 0 Å². The third-order valence-electron chi connectivity index (χ3n) is 2.33. The van der Waals surface area contributed by atoms with Crippen LogP contribution in [0.15, 0.2) is 12.1 Å². The summed E-state index contributed by atoms with van der Waals surface area (Å²) in [7, 11) is 0. The second-order valence-corrected chi connectivity index (χ2v) is 4.54. The van der Waals surface area contributed by atoms with Crippen molar-refractivity contribution in [2.24, 2.45) is 5.73 Å². The molecular formula is C12H19ClN2. The fourth-order valence-corrected chi connectivity index (χ4v) is 1.95. The number of rotatable bonds is 4. The molecule has 0 heterocycles. The molecule has 0 saturated carbocycles. The number of aryl methyl sites for hydroxylation is 2. The average Bonchev–Trinajstić information content (AvgIpc) is 2.08. The minimum atomic E-state index is 0.224. The topological polar surface area (TPSA) is 38.0 Å². The third-order valence-corrected chi connectivity index (χ3v) is 2.63. The third kappa shape index (κ3) is 3.73.